The number of hydrogen-bond acceptors (Lipinski definition) is 5. The normalized spacial score (nSPS) is 19.6. The van der Waals surface area contributed by atoms with Gasteiger partial charge >= 0.3 is 0 Å². The van der Waals surface area contributed by atoms with E-state index < -0.39 is 5.60 Å². The van der Waals surface area contributed by atoms with Gasteiger partial charge in [-0.25, -0.2) is 9.97 Å². The molecule has 34 heavy (non-hydrogen) atoms. The smallest absolute Gasteiger partial charge is 0.137 e. The molecule has 1 atom stereocenters. The summed E-state index contributed by atoms with van der Waals surface area (Å²) in [6.07, 6.45) is 15.9. The minimum Gasteiger partial charge on any atom is -0.389 e. The van der Waals surface area contributed by atoms with Crippen molar-refractivity contribution in [3.63, 3.8) is 0 Å². The monoisotopic (exact) mass is 456 g/mol. The SMILES string of the molecule is CC(C)(O)Cn1cc(-c2ccc3ncc(-c4cccc(NC5CCC6(CCC6)C5)n4)n3c2)cn1. The van der Waals surface area contributed by atoms with Gasteiger partial charge < -0.3 is 10.4 Å². The van der Waals surface area contributed by atoms with Crippen molar-refractivity contribution in [2.75, 3.05) is 5.32 Å². The quantitative estimate of drug-likeness (QED) is 0.419. The first-order chi connectivity index (χ1) is 16.4. The lowest BCUT2D eigenvalue weighted by Crippen LogP contribution is -2.28. The number of hydrogen-bond donors (Lipinski definition) is 2. The van der Waals surface area contributed by atoms with Crippen LogP contribution in [0.4, 0.5) is 5.82 Å². The van der Waals surface area contributed by atoms with Crippen LogP contribution in [0, 0.1) is 5.41 Å². The van der Waals surface area contributed by atoms with E-state index in [0.29, 0.717) is 18.0 Å². The molecule has 7 nitrogen and oxygen atoms in total. The molecule has 0 bridgehead atoms. The van der Waals surface area contributed by atoms with Crippen LogP contribution in [-0.4, -0.2) is 40.9 Å². The van der Waals surface area contributed by atoms with Gasteiger partial charge in [0.2, 0.25) is 0 Å². The van der Waals surface area contributed by atoms with Crippen LogP contribution in [0.5, 0.6) is 0 Å². The summed E-state index contributed by atoms with van der Waals surface area (Å²) < 4.78 is 3.87. The molecule has 1 spiro atoms. The lowest BCUT2D eigenvalue weighted by molar-refractivity contribution is 0.0577. The molecule has 4 aromatic rings. The maximum Gasteiger partial charge on any atom is 0.137 e. The Hall–Kier alpha value is -3.19. The highest BCUT2D eigenvalue weighted by Gasteiger charge is 2.43. The molecule has 0 saturated heterocycles. The Balaban J connectivity index is 1.26. The zero-order chi connectivity index (χ0) is 23.3. The molecule has 2 N–H and O–H groups in total. The van der Waals surface area contributed by atoms with Crippen LogP contribution >= 0.6 is 0 Å². The first-order valence-electron chi connectivity index (χ1n) is 12.3. The van der Waals surface area contributed by atoms with Crippen molar-refractivity contribution in [3.05, 3.63) is 55.1 Å². The predicted molar refractivity (Wildman–Crippen MR) is 133 cm³/mol. The highest BCUT2D eigenvalue weighted by atomic mass is 16.3. The Bertz CT molecular complexity index is 1330. The number of anilines is 1. The topological polar surface area (TPSA) is 80.3 Å². The van der Waals surface area contributed by atoms with Gasteiger partial charge in [0.15, 0.2) is 0 Å². The molecule has 176 valence electrons. The lowest BCUT2D eigenvalue weighted by Gasteiger charge is -2.38. The first-order valence-corrected chi connectivity index (χ1v) is 12.3. The molecule has 2 saturated carbocycles. The number of pyridine rings is 2. The number of aliphatic hydroxyl groups is 1. The largest absolute Gasteiger partial charge is 0.389 e. The summed E-state index contributed by atoms with van der Waals surface area (Å²) in [6, 6.07) is 10.8. The molecule has 6 rings (SSSR count). The van der Waals surface area contributed by atoms with Gasteiger partial charge in [0.05, 0.1) is 35.9 Å². The Kier molecular flexibility index (Phi) is 4.99. The summed E-state index contributed by atoms with van der Waals surface area (Å²) in [5.41, 5.74) is 4.60. The summed E-state index contributed by atoms with van der Waals surface area (Å²) in [7, 11) is 0. The molecule has 2 aliphatic carbocycles. The minimum absolute atomic E-state index is 0.442. The van der Waals surface area contributed by atoms with Gasteiger partial charge in [-0.1, -0.05) is 12.5 Å². The summed E-state index contributed by atoms with van der Waals surface area (Å²) in [6.45, 7) is 4.01. The van der Waals surface area contributed by atoms with Crippen molar-refractivity contribution in [1.82, 2.24) is 24.1 Å². The van der Waals surface area contributed by atoms with Crippen LogP contribution in [-0.2, 0) is 6.54 Å². The van der Waals surface area contributed by atoms with Crippen LogP contribution < -0.4 is 5.32 Å². The second kappa shape index (κ2) is 7.94. The molecule has 4 heterocycles. The molecule has 0 aromatic carbocycles. The molecule has 2 aliphatic rings. The Labute approximate surface area is 199 Å². The Morgan fingerprint density at radius 3 is 2.74 bits per heavy atom. The Morgan fingerprint density at radius 2 is 1.97 bits per heavy atom. The number of nitrogens with zero attached hydrogens (tertiary/aromatic N) is 5. The fraction of sp³-hybridized carbons (Fsp3) is 0.444. The molecule has 2 fully saturated rings. The molecule has 0 amide bonds. The van der Waals surface area contributed by atoms with Gasteiger partial charge in [-0.2, -0.15) is 5.10 Å². The number of aromatic nitrogens is 5. The summed E-state index contributed by atoms with van der Waals surface area (Å²) >= 11 is 0. The average molecular weight is 457 g/mol. The van der Waals surface area contributed by atoms with Crippen molar-refractivity contribution >= 4 is 11.5 Å². The van der Waals surface area contributed by atoms with Gasteiger partial charge in [-0.15, -0.1) is 0 Å². The third-order valence-electron chi connectivity index (χ3n) is 7.50. The third-order valence-corrected chi connectivity index (χ3v) is 7.50. The zero-order valence-corrected chi connectivity index (χ0v) is 19.9. The van der Waals surface area contributed by atoms with E-state index in [1.54, 1.807) is 18.5 Å². The van der Waals surface area contributed by atoms with Crippen molar-refractivity contribution < 1.29 is 5.11 Å². The van der Waals surface area contributed by atoms with Crippen molar-refractivity contribution in [2.45, 2.75) is 70.6 Å². The van der Waals surface area contributed by atoms with Crippen LogP contribution in [0.2, 0.25) is 0 Å². The molecule has 1 unspecified atom stereocenters. The van der Waals surface area contributed by atoms with E-state index in [2.05, 4.69) is 44.2 Å². The maximum absolute atomic E-state index is 10.1. The molecule has 0 aliphatic heterocycles. The molecule has 4 aromatic heterocycles. The maximum atomic E-state index is 10.1. The highest BCUT2D eigenvalue weighted by Crippen LogP contribution is 2.53. The van der Waals surface area contributed by atoms with Crippen molar-refractivity contribution in [1.29, 1.82) is 0 Å². The summed E-state index contributed by atoms with van der Waals surface area (Å²) in [5.74, 6) is 0.942. The molecular weight excluding hydrogens is 424 g/mol. The van der Waals surface area contributed by atoms with Crippen LogP contribution in [0.3, 0.4) is 0 Å². The van der Waals surface area contributed by atoms with Gasteiger partial charge in [0.25, 0.3) is 0 Å². The van der Waals surface area contributed by atoms with Crippen LogP contribution in [0.1, 0.15) is 52.4 Å². The predicted octanol–water partition coefficient (Wildman–Crippen LogP) is 5.17. The minimum atomic E-state index is -0.813. The van der Waals surface area contributed by atoms with Gasteiger partial charge in [-0.3, -0.25) is 9.08 Å². The fourth-order valence-corrected chi connectivity index (χ4v) is 5.66. The van der Waals surface area contributed by atoms with Crippen molar-refractivity contribution in [2.24, 2.45) is 5.41 Å². The molecule has 0 radical (unpaired) electrons. The van der Waals surface area contributed by atoms with Crippen LogP contribution in [0.25, 0.3) is 28.2 Å². The van der Waals surface area contributed by atoms with E-state index in [1.165, 1.54) is 38.5 Å². The van der Waals surface area contributed by atoms with E-state index in [-0.39, 0.29) is 0 Å². The zero-order valence-electron chi connectivity index (χ0n) is 19.9. The fourth-order valence-electron chi connectivity index (χ4n) is 5.66. The van der Waals surface area contributed by atoms with E-state index in [9.17, 15) is 5.11 Å². The van der Waals surface area contributed by atoms with E-state index in [0.717, 1.165) is 34.0 Å². The van der Waals surface area contributed by atoms with E-state index >= 15 is 0 Å². The number of rotatable bonds is 6. The van der Waals surface area contributed by atoms with E-state index in [4.69, 9.17) is 4.98 Å². The molecular formula is C27H32N6O. The van der Waals surface area contributed by atoms with Gasteiger partial charge in [0.1, 0.15) is 11.5 Å². The average Bonchev–Trinajstić information content (AvgIpc) is 3.50. The second-order valence-electron chi connectivity index (χ2n) is 10.9. The first kappa shape index (κ1) is 21.4. The van der Waals surface area contributed by atoms with Crippen LogP contribution in [0.15, 0.2) is 55.1 Å². The molecule has 7 heteroatoms. The standard InChI is InChI=1S/C27H32N6O/c1-26(2,34)18-32-16-20(14-29-32)19-7-8-25-28-15-23(33(25)17-19)22-5-3-6-24(31-22)30-21-9-12-27(13-21)10-4-11-27/h3,5-8,14-17,21,34H,4,9-13,18H2,1-2H3,(H,30,31). The summed E-state index contributed by atoms with van der Waals surface area (Å²) in [4.78, 5) is 9.55. The van der Waals surface area contributed by atoms with E-state index in [1.807, 2.05) is 30.7 Å². The van der Waals surface area contributed by atoms with Crippen molar-refractivity contribution in [3.8, 4) is 22.5 Å². The highest BCUT2D eigenvalue weighted by molar-refractivity contribution is 5.67. The number of imidazole rings is 1. The summed E-state index contributed by atoms with van der Waals surface area (Å²) in [5, 5.41) is 18.2. The lowest BCUT2D eigenvalue weighted by atomic mass is 9.67. The third kappa shape index (κ3) is 4.09. The van der Waals surface area contributed by atoms with Gasteiger partial charge in [0, 0.05) is 29.6 Å². The van der Waals surface area contributed by atoms with Gasteiger partial charge in [-0.05, 0) is 75.6 Å². The Morgan fingerprint density at radius 1 is 1.09 bits per heavy atom. The number of nitrogens with one attached hydrogen (secondary N) is 1. The number of fused-ring (bicyclic) bond motifs is 1. The second-order valence-corrected chi connectivity index (χ2v) is 10.9.